The number of carbonyl (C=O) groups is 2. The molecule has 0 saturated carbocycles. The van der Waals surface area contributed by atoms with Gasteiger partial charge in [-0.15, -0.1) is 0 Å². The number of amides is 1. The third-order valence-electron chi connectivity index (χ3n) is 4.86. The highest BCUT2D eigenvalue weighted by Gasteiger charge is 2.15. The van der Waals surface area contributed by atoms with Crippen molar-refractivity contribution < 1.29 is 18.7 Å². The number of benzene rings is 2. The van der Waals surface area contributed by atoms with Gasteiger partial charge in [-0.25, -0.2) is 9.37 Å². The summed E-state index contributed by atoms with van der Waals surface area (Å²) in [6.07, 6.45) is 3.19. The van der Waals surface area contributed by atoms with E-state index in [1.165, 1.54) is 24.3 Å². The first-order valence-corrected chi connectivity index (χ1v) is 10.6. The largest absolute Gasteiger partial charge is 0.462 e. The molecule has 31 heavy (non-hydrogen) atoms. The molecular weight excluding hydrogens is 397 g/mol. The van der Waals surface area contributed by atoms with Crippen molar-refractivity contribution in [2.75, 3.05) is 6.54 Å². The van der Waals surface area contributed by atoms with Crippen LogP contribution in [-0.4, -0.2) is 34.1 Å². The van der Waals surface area contributed by atoms with Crippen LogP contribution in [0, 0.1) is 5.82 Å². The topological polar surface area (TPSA) is 73.2 Å². The SMILES string of the molecule is CC(C)OC(=O)Cn1c(CCCCCNC(=O)c2ccc(F)cc2)nc2ccccc21. The van der Waals surface area contributed by atoms with E-state index < -0.39 is 0 Å². The van der Waals surface area contributed by atoms with Gasteiger partial charge in [0, 0.05) is 18.5 Å². The zero-order valence-electron chi connectivity index (χ0n) is 17.9. The summed E-state index contributed by atoms with van der Waals surface area (Å²) >= 11 is 0. The normalized spacial score (nSPS) is 11.1. The fourth-order valence-corrected chi connectivity index (χ4v) is 3.41. The fraction of sp³-hybridized carbons (Fsp3) is 0.375. The van der Waals surface area contributed by atoms with E-state index in [0.29, 0.717) is 12.1 Å². The molecular formula is C24H28FN3O3. The molecule has 6 nitrogen and oxygen atoms in total. The number of esters is 1. The maximum absolute atomic E-state index is 12.9. The number of nitrogens with one attached hydrogen (secondary N) is 1. The third kappa shape index (κ3) is 6.38. The standard InChI is InChI=1S/C24H28FN3O3/c1-17(2)31-23(29)16-28-21-9-6-5-8-20(21)27-22(28)10-4-3-7-15-26-24(30)18-11-13-19(25)14-12-18/h5-6,8-9,11-14,17H,3-4,7,10,15-16H2,1-2H3,(H,26,30). The van der Waals surface area contributed by atoms with E-state index >= 15 is 0 Å². The molecule has 0 bridgehead atoms. The quantitative estimate of drug-likeness (QED) is 0.389. The lowest BCUT2D eigenvalue weighted by Gasteiger charge is -2.11. The number of halogens is 1. The molecule has 1 N–H and O–H groups in total. The van der Waals surface area contributed by atoms with Gasteiger partial charge in [-0.2, -0.15) is 0 Å². The number of nitrogens with zero attached hydrogens (tertiary/aromatic N) is 2. The summed E-state index contributed by atoms with van der Waals surface area (Å²) < 4.78 is 20.2. The van der Waals surface area contributed by atoms with Gasteiger partial charge in [-0.1, -0.05) is 18.6 Å². The lowest BCUT2D eigenvalue weighted by Crippen LogP contribution is -2.24. The zero-order valence-corrected chi connectivity index (χ0v) is 17.9. The van der Waals surface area contributed by atoms with Crippen LogP contribution >= 0.6 is 0 Å². The maximum Gasteiger partial charge on any atom is 0.326 e. The summed E-state index contributed by atoms with van der Waals surface area (Å²) in [5.74, 6) is 0.0191. The van der Waals surface area contributed by atoms with Gasteiger partial charge in [0.1, 0.15) is 18.2 Å². The monoisotopic (exact) mass is 425 g/mol. The molecule has 0 fully saturated rings. The predicted molar refractivity (Wildman–Crippen MR) is 117 cm³/mol. The molecule has 3 aromatic rings. The van der Waals surface area contributed by atoms with E-state index in [2.05, 4.69) is 5.32 Å². The Morgan fingerprint density at radius 1 is 1.06 bits per heavy atom. The Balaban J connectivity index is 1.50. The Bertz CT molecular complexity index is 1030. The molecule has 164 valence electrons. The molecule has 0 radical (unpaired) electrons. The Morgan fingerprint density at radius 3 is 2.55 bits per heavy atom. The summed E-state index contributed by atoms with van der Waals surface area (Å²) in [7, 11) is 0. The first-order chi connectivity index (χ1) is 14.9. The Kier molecular flexibility index (Phi) is 7.76. The lowest BCUT2D eigenvalue weighted by molar-refractivity contribution is -0.148. The number of para-hydroxylation sites is 2. The van der Waals surface area contributed by atoms with Gasteiger partial charge in [0.05, 0.1) is 17.1 Å². The second-order valence-corrected chi connectivity index (χ2v) is 7.71. The summed E-state index contributed by atoms with van der Waals surface area (Å²) in [6.45, 7) is 4.36. The van der Waals surface area contributed by atoms with Crippen molar-refractivity contribution in [1.29, 1.82) is 0 Å². The van der Waals surface area contributed by atoms with Gasteiger partial charge in [0.2, 0.25) is 0 Å². The van der Waals surface area contributed by atoms with Crippen LogP contribution < -0.4 is 5.32 Å². The highest BCUT2D eigenvalue weighted by Crippen LogP contribution is 2.18. The number of fused-ring (bicyclic) bond motifs is 1. The predicted octanol–water partition coefficient (Wildman–Crippen LogP) is 4.27. The minimum Gasteiger partial charge on any atom is -0.462 e. The van der Waals surface area contributed by atoms with Crippen LogP contribution in [0.4, 0.5) is 4.39 Å². The van der Waals surface area contributed by atoms with Crippen molar-refractivity contribution in [2.24, 2.45) is 0 Å². The van der Waals surface area contributed by atoms with Crippen LogP contribution in [0.15, 0.2) is 48.5 Å². The Labute approximate surface area is 181 Å². The average Bonchev–Trinajstić information content (AvgIpc) is 3.07. The minimum absolute atomic E-state index is 0.141. The van der Waals surface area contributed by atoms with Crippen LogP contribution in [0.25, 0.3) is 11.0 Å². The molecule has 0 aliphatic heterocycles. The number of hydrogen-bond acceptors (Lipinski definition) is 4. The fourth-order valence-electron chi connectivity index (χ4n) is 3.41. The number of ether oxygens (including phenoxy) is 1. The Morgan fingerprint density at radius 2 is 1.81 bits per heavy atom. The van der Waals surface area contributed by atoms with Gasteiger partial charge >= 0.3 is 5.97 Å². The second-order valence-electron chi connectivity index (χ2n) is 7.71. The van der Waals surface area contributed by atoms with Crippen LogP contribution in [0.5, 0.6) is 0 Å². The van der Waals surface area contributed by atoms with Crippen molar-refractivity contribution in [2.45, 2.75) is 52.2 Å². The van der Waals surface area contributed by atoms with Crippen molar-refractivity contribution in [3.63, 3.8) is 0 Å². The number of carbonyl (C=O) groups excluding carboxylic acids is 2. The Hall–Kier alpha value is -3.22. The van der Waals surface area contributed by atoms with Gasteiger partial charge in [0.25, 0.3) is 5.91 Å². The molecule has 1 aromatic heterocycles. The number of unbranched alkanes of at least 4 members (excludes halogenated alkanes) is 2. The van der Waals surface area contributed by atoms with E-state index in [0.717, 1.165) is 42.5 Å². The number of hydrogen-bond donors (Lipinski definition) is 1. The van der Waals surface area contributed by atoms with Crippen molar-refractivity contribution in [1.82, 2.24) is 14.9 Å². The smallest absolute Gasteiger partial charge is 0.326 e. The molecule has 0 unspecified atom stereocenters. The molecule has 2 aromatic carbocycles. The summed E-state index contributed by atoms with van der Waals surface area (Å²) in [6, 6.07) is 13.3. The zero-order chi connectivity index (χ0) is 22.2. The van der Waals surface area contributed by atoms with E-state index in [9.17, 15) is 14.0 Å². The van der Waals surface area contributed by atoms with E-state index in [4.69, 9.17) is 9.72 Å². The molecule has 0 saturated heterocycles. The van der Waals surface area contributed by atoms with Gasteiger partial charge < -0.3 is 14.6 Å². The van der Waals surface area contributed by atoms with Gasteiger partial charge in [0.15, 0.2) is 0 Å². The molecule has 1 amide bonds. The highest BCUT2D eigenvalue weighted by molar-refractivity contribution is 5.94. The molecule has 7 heteroatoms. The minimum atomic E-state index is -0.361. The highest BCUT2D eigenvalue weighted by atomic mass is 19.1. The summed E-state index contributed by atoms with van der Waals surface area (Å²) in [5, 5.41) is 2.85. The van der Waals surface area contributed by atoms with Gasteiger partial charge in [-0.05, 0) is 63.1 Å². The van der Waals surface area contributed by atoms with Crippen molar-refractivity contribution >= 4 is 22.9 Å². The number of aromatic nitrogens is 2. The lowest BCUT2D eigenvalue weighted by atomic mass is 10.1. The number of imidazole rings is 1. The summed E-state index contributed by atoms with van der Waals surface area (Å²) in [5.41, 5.74) is 2.23. The first kappa shape index (κ1) is 22.5. The maximum atomic E-state index is 12.9. The van der Waals surface area contributed by atoms with Crippen LogP contribution in [0.1, 0.15) is 49.3 Å². The van der Waals surface area contributed by atoms with Crippen LogP contribution in [0.3, 0.4) is 0 Å². The second kappa shape index (κ2) is 10.7. The van der Waals surface area contributed by atoms with Crippen molar-refractivity contribution in [3.05, 3.63) is 65.7 Å². The average molecular weight is 426 g/mol. The molecule has 0 atom stereocenters. The van der Waals surface area contributed by atoms with Crippen LogP contribution in [-0.2, 0) is 22.5 Å². The van der Waals surface area contributed by atoms with Crippen molar-refractivity contribution in [3.8, 4) is 0 Å². The van der Waals surface area contributed by atoms with E-state index in [1.54, 1.807) is 0 Å². The summed E-state index contributed by atoms with van der Waals surface area (Å²) in [4.78, 5) is 28.9. The van der Waals surface area contributed by atoms with Gasteiger partial charge in [-0.3, -0.25) is 9.59 Å². The molecule has 0 spiro atoms. The molecule has 3 rings (SSSR count). The number of rotatable bonds is 10. The molecule has 0 aliphatic carbocycles. The van der Waals surface area contributed by atoms with E-state index in [-0.39, 0.29) is 30.3 Å². The first-order valence-electron chi connectivity index (χ1n) is 10.6. The third-order valence-corrected chi connectivity index (χ3v) is 4.86. The molecule has 1 heterocycles. The molecule has 0 aliphatic rings. The van der Waals surface area contributed by atoms with Crippen LogP contribution in [0.2, 0.25) is 0 Å². The van der Waals surface area contributed by atoms with E-state index in [1.807, 2.05) is 42.7 Å². The number of aryl methyl sites for hydroxylation is 1.